The lowest BCUT2D eigenvalue weighted by molar-refractivity contribution is -0.190. The number of carbonyl (C=O) groups excluding carboxylic acids is 1. The van der Waals surface area contributed by atoms with Crippen molar-refractivity contribution in [2.45, 2.75) is 38.1 Å². The van der Waals surface area contributed by atoms with Gasteiger partial charge in [-0.15, -0.1) is 0 Å². The minimum atomic E-state index is -0.811. The molecule has 0 N–H and O–H groups in total. The molecule has 14 heavy (non-hydrogen) atoms. The van der Waals surface area contributed by atoms with Crippen LogP contribution in [-0.4, -0.2) is 43.8 Å². The number of ether oxygens (including phenoxy) is 4. The minimum absolute atomic E-state index is 0.200. The van der Waals surface area contributed by atoms with Gasteiger partial charge in [0.2, 0.25) is 12.1 Å². The zero-order valence-electron chi connectivity index (χ0n) is 8.48. The fourth-order valence-electron chi connectivity index (χ4n) is 1.78. The van der Waals surface area contributed by atoms with E-state index in [2.05, 4.69) is 0 Å². The maximum Gasteiger partial charge on any atom is 0.220 e. The quantitative estimate of drug-likeness (QED) is 0.602. The Morgan fingerprint density at radius 2 is 2.14 bits per heavy atom. The molecule has 0 radical (unpaired) electrons. The first-order valence-corrected chi connectivity index (χ1v) is 4.57. The molecule has 5 heteroatoms. The maximum atomic E-state index is 11.7. The molecular weight excluding hydrogens is 188 g/mol. The first kappa shape index (κ1) is 10.0. The second kappa shape index (κ2) is 3.27. The van der Waals surface area contributed by atoms with Crippen molar-refractivity contribution < 1.29 is 23.7 Å². The van der Waals surface area contributed by atoms with Crippen molar-refractivity contribution in [1.29, 1.82) is 0 Å². The number of Topliss-reactive ketones (excluding diaryl/α,β-unsaturated/α-hetero) is 1. The van der Waals surface area contributed by atoms with Gasteiger partial charge in [0.1, 0.15) is 6.10 Å². The molecular formula is C9H14O5. The Bertz CT molecular complexity index is 250. The molecule has 2 fully saturated rings. The Morgan fingerprint density at radius 3 is 2.79 bits per heavy atom. The highest BCUT2D eigenvalue weighted by molar-refractivity contribution is 5.87. The maximum absolute atomic E-state index is 11.7. The summed E-state index contributed by atoms with van der Waals surface area (Å²) in [5, 5.41) is 0. The Morgan fingerprint density at radius 1 is 1.43 bits per heavy atom. The van der Waals surface area contributed by atoms with Gasteiger partial charge in [-0.25, -0.2) is 0 Å². The molecule has 2 heterocycles. The van der Waals surface area contributed by atoms with Crippen molar-refractivity contribution in [3.8, 4) is 0 Å². The van der Waals surface area contributed by atoms with Crippen LogP contribution >= 0.6 is 0 Å². The van der Waals surface area contributed by atoms with E-state index in [0.717, 1.165) is 0 Å². The number of hydrogen-bond donors (Lipinski definition) is 0. The third kappa shape index (κ3) is 1.56. The summed E-state index contributed by atoms with van der Waals surface area (Å²) >= 11 is 0. The van der Waals surface area contributed by atoms with Crippen LogP contribution in [0.4, 0.5) is 0 Å². The topological polar surface area (TPSA) is 54.0 Å². The Labute approximate surface area is 82.3 Å². The monoisotopic (exact) mass is 202 g/mol. The zero-order valence-corrected chi connectivity index (χ0v) is 8.48. The van der Waals surface area contributed by atoms with E-state index in [1.54, 1.807) is 13.8 Å². The highest BCUT2D eigenvalue weighted by Crippen LogP contribution is 2.32. The first-order valence-electron chi connectivity index (χ1n) is 4.57. The van der Waals surface area contributed by atoms with Gasteiger partial charge in [-0.3, -0.25) is 4.79 Å². The molecule has 0 amide bonds. The summed E-state index contributed by atoms with van der Waals surface area (Å²) < 4.78 is 21.0. The van der Waals surface area contributed by atoms with E-state index in [1.807, 2.05) is 0 Å². The summed E-state index contributed by atoms with van der Waals surface area (Å²) in [6.45, 7) is 3.89. The van der Waals surface area contributed by atoms with Crippen molar-refractivity contribution >= 4 is 5.78 Å². The largest absolute Gasteiger partial charge is 0.349 e. The van der Waals surface area contributed by atoms with Crippen LogP contribution in [-0.2, 0) is 23.7 Å². The molecule has 0 aliphatic carbocycles. The molecule has 0 aromatic rings. The molecule has 0 bridgehead atoms. The van der Waals surface area contributed by atoms with Crippen LogP contribution < -0.4 is 0 Å². The number of carbonyl (C=O) groups is 1. The van der Waals surface area contributed by atoms with Crippen LogP contribution in [0.5, 0.6) is 0 Å². The Hall–Kier alpha value is -0.490. The highest BCUT2D eigenvalue weighted by Gasteiger charge is 2.50. The molecule has 0 spiro atoms. The molecule has 0 aromatic heterocycles. The average Bonchev–Trinajstić information content (AvgIpc) is 2.42. The van der Waals surface area contributed by atoms with Crippen LogP contribution in [0.1, 0.15) is 13.8 Å². The molecule has 0 saturated carbocycles. The van der Waals surface area contributed by atoms with E-state index >= 15 is 0 Å². The van der Waals surface area contributed by atoms with Crippen LogP contribution in [0, 0.1) is 0 Å². The average molecular weight is 202 g/mol. The zero-order chi connectivity index (χ0) is 10.3. The molecule has 3 unspecified atom stereocenters. The van der Waals surface area contributed by atoms with E-state index in [9.17, 15) is 4.79 Å². The van der Waals surface area contributed by atoms with Gasteiger partial charge >= 0.3 is 0 Å². The lowest BCUT2D eigenvalue weighted by Crippen LogP contribution is -2.48. The van der Waals surface area contributed by atoms with Gasteiger partial charge in [-0.2, -0.15) is 0 Å². The lowest BCUT2D eigenvalue weighted by Gasteiger charge is -2.27. The van der Waals surface area contributed by atoms with E-state index < -0.39 is 18.2 Å². The summed E-state index contributed by atoms with van der Waals surface area (Å²) in [7, 11) is 1.43. The molecule has 2 rings (SSSR count). The van der Waals surface area contributed by atoms with Gasteiger partial charge in [0.25, 0.3) is 0 Å². The van der Waals surface area contributed by atoms with Crippen LogP contribution in [0.25, 0.3) is 0 Å². The predicted molar refractivity (Wildman–Crippen MR) is 45.6 cm³/mol. The third-order valence-corrected chi connectivity index (χ3v) is 2.32. The molecule has 80 valence electrons. The Kier molecular flexibility index (Phi) is 2.35. The second-order valence-electron chi connectivity index (χ2n) is 3.90. The number of fused-ring (bicyclic) bond motifs is 1. The van der Waals surface area contributed by atoms with E-state index in [-0.39, 0.29) is 11.9 Å². The van der Waals surface area contributed by atoms with E-state index in [0.29, 0.717) is 6.61 Å². The fraction of sp³-hybridized carbons (Fsp3) is 0.889. The van der Waals surface area contributed by atoms with Crippen molar-refractivity contribution in [3.05, 3.63) is 0 Å². The number of ketones is 1. The van der Waals surface area contributed by atoms with Crippen molar-refractivity contribution in [1.82, 2.24) is 0 Å². The van der Waals surface area contributed by atoms with Crippen molar-refractivity contribution in [2.24, 2.45) is 0 Å². The predicted octanol–water partition coefficient (Wildman–Crippen LogP) is 0.0783. The van der Waals surface area contributed by atoms with Crippen molar-refractivity contribution in [3.63, 3.8) is 0 Å². The number of methoxy groups -OCH3 is 1. The summed E-state index contributed by atoms with van der Waals surface area (Å²) in [5.41, 5.74) is 0. The summed E-state index contributed by atoms with van der Waals surface area (Å²) in [5.74, 6) is -0.911. The SMILES string of the molecule is COC1OCC2OC(C)(C)OC2C1=O. The summed E-state index contributed by atoms with van der Waals surface area (Å²) in [6.07, 6.45) is -1.67. The van der Waals surface area contributed by atoms with E-state index in [4.69, 9.17) is 18.9 Å². The summed E-state index contributed by atoms with van der Waals surface area (Å²) in [6, 6.07) is 0. The molecule has 2 saturated heterocycles. The molecule has 2 aliphatic rings. The van der Waals surface area contributed by atoms with Crippen molar-refractivity contribution in [2.75, 3.05) is 13.7 Å². The highest BCUT2D eigenvalue weighted by atomic mass is 16.8. The summed E-state index contributed by atoms with van der Waals surface area (Å²) in [4.78, 5) is 11.7. The standard InChI is InChI=1S/C9H14O5/c1-9(2)13-5-4-12-8(11-3)6(10)7(5)14-9/h5,7-8H,4H2,1-3H3. The lowest BCUT2D eigenvalue weighted by atomic mass is 10.1. The van der Waals surface area contributed by atoms with Crippen LogP contribution in [0.3, 0.4) is 0 Å². The fourth-order valence-corrected chi connectivity index (χ4v) is 1.78. The normalized spacial score (nSPS) is 41.1. The molecule has 3 atom stereocenters. The Balaban J connectivity index is 2.12. The first-order chi connectivity index (χ1) is 6.53. The van der Waals surface area contributed by atoms with Gasteiger partial charge in [-0.05, 0) is 13.8 Å². The second-order valence-corrected chi connectivity index (χ2v) is 3.90. The molecule has 2 aliphatic heterocycles. The number of hydrogen-bond acceptors (Lipinski definition) is 5. The smallest absolute Gasteiger partial charge is 0.220 e. The number of rotatable bonds is 1. The van der Waals surface area contributed by atoms with Gasteiger partial charge in [0, 0.05) is 7.11 Å². The van der Waals surface area contributed by atoms with Gasteiger partial charge in [0.05, 0.1) is 6.61 Å². The van der Waals surface area contributed by atoms with E-state index in [1.165, 1.54) is 7.11 Å². The third-order valence-electron chi connectivity index (χ3n) is 2.32. The van der Waals surface area contributed by atoms with Crippen LogP contribution in [0.15, 0.2) is 0 Å². The van der Waals surface area contributed by atoms with Gasteiger partial charge in [0.15, 0.2) is 11.9 Å². The minimum Gasteiger partial charge on any atom is -0.349 e. The van der Waals surface area contributed by atoms with Crippen LogP contribution in [0.2, 0.25) is 0 Å². The molecule has 5 nitrogen and oxygen atoms in total. The molecule has 0 aromatic carbocycles. The van der Waals surface area contributed by atoms with Gasteiger partial charge < -0.3 is 18.9 Å². The van der Waals surface area contributed by atoms with Gasteiger partial charge in [-0.1, -0.05) is 0 Å².